The molecule has 9 N–H and O–H groups in total. The summed E-state index contributed by atoms with van der Waals surface area (Å²) in [5.74, 6) is 3.60. The quantitative estimate of drug-likeness (QED) is 0.0173. The van der Waals surface area contributed by atoms with Gasteiger partial charge in [0.25, 0.3) is 16.7 Å². The fraction of sp³-hybridized carbons (Fsp3) is 0.340. The molecule has 4 aliphatic heterocycles. The minimum absolute atomic E-state index is 0. The van der Waals surface area contributed by atoms with Gasteiger partial charge in [-0.3, -0.25) is 42.3 Å². The van der Waals surface area contributed by atoms with E-state index in [1.54, 1.807) is 77.2 Å². The third-order valence-corrected chi connectivity index (χ3v) is 26.9. The number of ether oxygens (including phenoxy) is 1. The van der Waals surface area contributed by atoms with Gasteiger partial charge in [0.1, 0.15) is 28.9 Å². The number of likely N-dealkylation sites (N-methyl/N-ethyl adjacent to an activating group) is 1. The van der Waals surface area contributed by atoms with Crippen molar-refractivity contribution in [3.8, 4) is 56.6 Å². The van der Waals surface area contributed by atoms with Crippen molar-refractivity contribution in [1.29, 1.82) is 0 Å². The summed E-state index contributed by atoms with van der Waals surface area (Å²) in [6.07, 6.45) is 23.1. The lowest BCUT2D eigenvalue weighted by molar-refractivity contribution is -0.138. The van der Waals surface area contributed by atoms with Crippen molar-refractivity contribution in [1.82, 2.24) is 103 Å². The number of fused-ring (bicyclic) bond motifs is 3. The molecule has 0 amide bonds. The smallest absolute Gasteiger partial charge is 0.416 e. The van der Waals surface area contributed by atoms with Crippen LogP contribution in [0, 0.1) is 32.6 Å². The number of piperidine rings is 3. The minimum atomic E-state index is -4.62. The zero-order chi connectivity index (χ0) is 96.8. The van der Waals surface area contributed by atoms with Crippen molar-refractivity contribution in [2.75, 3.05) is 134 Å². The number of benzene rings is 4. The monoisotopic (exact) mass is 1940 g/mol. The second-order valence-electron chi connectivity index (χ2n) is 35.6. The first-order chi connectivity index (χ1) is 67.4. The number of likely N-dealkylation sites (tertiary alicyclic amines) is 2. The molecule has 1 atom stereocenters. The molecular formula is C103H116F3N25O9S. The van der Waals surface area contributed by atoms with Gasteiger partial charge in [-0.2, -0.15) is 28.1 Å². The molecule has 0 aliphatic carbocycles. The number of aromatic nitrogens is 16. The SMILES string of the molecule is C=C/C(=C\O)c1ccc(-c2cc3cnc(Nc4ccc(CC5CCCN(C)C5)cc4)nc3n(CCN3CCOCC3)c2=O)c(C)n1.CSN(C)CCn1c(=O)c(-c2nc(-c3cnco3)ncc2C)cc2cnc(Nc3ccc(CC4CCN(C)CC4)cc3)nc21.Cc1nc(-c2cocn2)ncc1-c1cc2cnc(Nc3ccc(N(C)C4CCNCC4)cc3)nc2n(Cc2ccccc2C(F)(F)F)c1=O.O.O. The van der Waals surface area contributed by atoms with E-state index in [9.17, 15) is 32.7 Å². The van der Waals surface area contributed by atoms with E-state index in [4.69, 9.17) is 28.5 Å². The molecule has 0 saturated carbocycles. The molecule has 4 fully saturated rings. The minimum Gasteiger partial charge on any atom is -0.515 e. The van der Waals surface area contributed by atoms with Crippen LogP contribution in [0.4, 0.5) is 53.8 Å². The maximum Gasteiger partial charge on any atom is 0.416 e. The van der Waals surface area contributed by atoms with Crippen LogP contribution in [0.3, 0.4) is 0 Å². The molecule has 15 heterocycles. The summed E-state index contributed by atoms with van der Waals surface area (Å²) < 4.78 is 64.9. The van der Waals surface area contributed by atoms with Crippen LogP contribution in [0.25, 0.3) is 95.3 Å². The summed E-state index contributed by atoms with van der Waals surface area (Å²) in [5, 5.41) is 24.8. The van der Waals surface area contributed by atoms with Crippen LogP contribution < -0.4 is 42.8 Å². The van der Waals surface area contributed by atoms with Crippen LogP contribution in [0.1, 0.15) is 83.4 Å². The number of nitrogens with one attached hydrogen (secondary N) is 4. The zero-order valence-electron chi connectivity index (χ0n) is 80.0. The number of oxazole rings is 2. The Labute approximate surface area is 817 Å². The van der Waals surface area contributed by atoms with Gasteiger partial charge < -0.3 is 65.6 Å². The van der Waals surface area contributed by atoms with Crippen LogP contribution in [0.2, 0.25) is 0 Å². The van der Waals surface area contributed by atoms with Crippen LogP contribution in [-0.4, -0.2) is 233 Å². The Balaban J connectivity index is 0.000000159. The van der Waals surface area contributed by atoms with E-state index >= 15 is 0 Å². The van der Waals surface area contributed by atoms with Gasteiger partial charge >= 0.3 is 6.18 Å². The first kappa shape index (κ1) is 101. The summed E-state index contributed by atoms with van der Waals surface area (Å²) in [7, 11) is 8.49. The predicted octanol–water partition coefficient (Wildman–Crippen LogP) is 14.8. The third kappa shape index (κ3) is 24.4. The molecule has 0 radical (unpaired) electrons. The summed E-state index contributed by atoms with van der Waals surface area (Å²) in [5.41, 5.74) is 12.1. The number of halogens is 3. The molecule has 38 heteroatoms. The topological polar surface area (TPSA) is 417 Å². The van der Waals surface area contributed by atoms with Crippen LogP contribution in [-0.2, 0) is 43.4 Å². The molecule has 734 valence electrons. The molecule has 1 unspecified atom stereocenters. The van der Waals surface area contributed by atoms with Crippen LogP contribution >= 0.6 is 11.9 Å². The molecule has 0 spiro atoms. The molecule has 4 saturated heterocycles. The second-order valence-corrected chi connectivity index (χ2v) is 36.6. The summed E-state index contributed by atoms with van der Waals surface area (Å²) in [6.45, 7) is 20.8. The number of allylic oxidation sites excluding steroid dienone is 2. The molecule has 19 rings (SSSR count). The highest BCUT2D eigenvalue weighted by Crippen LogP contribution is 2.36. The molecule has 0 bridgehead atoms. The number of anilines is 7. The number of hydrogen-bond acceptors (Lipinski definition) is 30. The standard InChI is InChI=1S/C36H43N7O3.C35H32F3N9O2.C32H37N9O2S.2H2O/c1-4-28(24-44)33-12-11-31(25(2)38-33)32-21-29-22-37-36(40-34(29)43(35(32)45)15-14-42-16-18-46-19-17-42)39-30-9-7-26(8-10-30)20-27-6-5-13-41(3)23-27;1-21-28(17-40-31(43-21)30-19-49-20-42-30)27-15-23-16-41-34(44-24-7-9-25(10-8-24)46(2)26-11-13-39-14-12-26)45-32(23)47(33(27)48)18-22-5-3-4-6-29(22)35(36,37)38;1-21-17-34-29(27-19-33-20-43-27)37-28(21)26-16-24-18-35-32(38-30(24)41(31(26)42)14-13-40(3)44-4)36-25-7-5-22(6-8-25)15-23-9-11-39(2)12-10-23;;/h4,7-12,21-22,24,27,44H,1,5-6,13-20,23H2,2-3H3,(H,37,39,40);3-10,15-17,19-20,26,39H,11-14,18H2,1-2H3,(H,41,44,45);5-8,16-20,23H,9-15H2,1-4H3,(H,35,36,38);2*1H2/b28-24+;;;;. The Morgan fingerprint density at radius 2 is 1.16 bits per heavy atom. The maximum absolute atomic E-state index is 14.2. The van der Waals surface area contributed by atoms with Gasteiger partial charge in [0.05, 0.1) is 60.3 Å². The average molecular weight is 1940 g/mol. The van der Waals surface area contributed by atoms with Crippen molar-refractivity contribution < 1.29 is 42.8 Å². The van der Waals surface area contributed by atoms with Gasteiger partial charge in [-0.05, 0) is 245 Å². The number of pyridine rings is 4. The normalized spacial score (nSPS) is 15.3. The zero-order valence-corrected chi connectivity index (χ0v) is 80.8. The fourth-order valence-corrected chi connectivity index (χ4v) is 18.5. The van der Waals surface area contributed by atoms with Crippen LogP contribution in [0.5, 0.6) is 0 Å². The Bertz CT molecular complexity index is 7060. The highest BCUT2D eigenvalue weighted by molar-refractivity contribution is 7.96. The lowest BCUT2D eigenvalue weighted by Gasteiger charge is -2.33. The first-order valence-electron chi connectivity index (χ1n) is 46.7. The van der Waals surface area contributed by atoms with Crippen molar-refractivity contribution in [2.45, 2.75) is 104 Å². The molecule has 4 aliphatic rings. The number of nitrogens with zero attached hydrogens (tertiary/aromatic N) is 21. The third-order valence-electron chi connectivity index (χ3n) is 26.1. The second kappa shape index (κ2) is 46.2. The number of aliphatic hydroxyl groups excluding tert-OH is 1. The van der Waals surface area contributed by atoms with Gasteiger partial charge in [-0.15, -0.1) is 0 Å². The van der Waals surface area contributed by atoms with E-state index in [1.807, 2.05) is 69.6 Å². The van der Waals surface area contributed by atoms with Gasteiger partial charge in [-0.25, -0.2) is 44.9 Å². The number of morpholine rings is 1. The van der Waals surface area contributed by atoms with E-state index in [0.717, 1.165) is 121 Å². The molecular weight excluding hydrogens is 1820 g/mol. The van der Waals surface area contributed by atoms with Gasteiger partial charge in [-0.1, -0.05) is 73.1 Å². The molecule has 34 nitrogen and oxygen atoms in total. The highest BCUT2D eigenvalue weighted by atomic mass is 32.2. The van der Waals surface area contributed by atoms with Crippen molar-refractivity contribution in [3.05, 3.63) is 279 Å². The molecule has 4 aromatic carbocycles. The van der Waals surface area contributed by atoms with Crippen molar-refractivity contribution >= 4 is 91.2 Å². The Morgan fingerprint density at radius 1 is 0.582 bits per heavy atom. The van der Waals surface area contributed by atoms with E-state index in [0.29, 0.717) is 148 Å². The number of aliphatic hydroxyl groups is 1. The lowest BCUT2D eigenvalue weighted by Crippen LogP contribution is -2.41. The van der Waals surface area contributed by atoms with Crippen LogP contribution in [0.15, 0.2) is 226 Å². The summed E-state index contributed by atoms with van der Waals surface area (Å²) >= 11 is 1.61. The summed E-state index contributed by atoms with van der Waals surface area (Å²) in [4.78, 5) is 111. The Morgan fingerprint density at radius 3 is 1.73 bits per heavy atom. The number of aryl methyl sites for hydroxylation is 3. The number of rotatable bonds is 28. The largest absolute Gasteiger partial charge is 0.515 e. The molecule has 11 aromatic heterocycles. The van der Waals surface area contributed by atoms with Crippen molar-refractivity contribution in [3.63, 3.8) is 0 Å². The average Bonchev–Trinajstić information content (AvgIpc) is 1.27. The van der Waals surface area contributed by atoms with E-state index in [1.165, 1.54) is 104 Å². The first-order valence-corrected chi connectivity index (χ1v) is 47.9. The summed E-state index contributed by atoms with van der Waals surface area (Å²) in [6, 6.07) is 39.5. The molecule has 15 aromatic rings. The van der Waals surface area contributed by atoms with Gasteiger partial charge in [0.2, 0.25) is 17.8 Å². The Hall–Kier alpha value is -14.2. The van der Waals surface area contributed by atoms with E-state index < -0.39 is 17.3 Å². The van der Waals surface area contributed by atoms with E-state index in [2.05, 4.69) is 171 Å². The molecule has 141 heavy (non-hydrogen) atoms. The van der Waals surface area contributed by atoms with Crippen molar-refractivity contribution in [2.24, 2.45) is 11.8 Å². The van der Waals surface area contributed by atoms with E-state index in [-0.39, 0.29) is 51.3 Å². The fourth-order valence-electron chi connectivity index (χ4n) is 18.2. The Kier molecular flexibility index (Phi) is 33.2. The number of alkyl halides is 3. The predicted molar refractivity (Wildman–Crippen MR) is 545 cm³/mol. The lowest BCUT2D eigenvalue weighted by atomic mass is 9.90. The van der Waals surface area contributed by atoms with Gasteiger partial charge in [0.15, 0.2) is 30.2 Å². The maximum atomic E-state index is 14.2. The van der Waals surface area contributed by atoms with Gasteiger partial charge in [0, 0.05) is 162 Å². The highest BCUT2D eigenvalue weighted by Gasteiger charge is 2.34. The number of hydrogen-bond donors (Lipinski definition) is 5.